The van der Waals surface area contributed by atoms with E-state index in [1.807, 2.05) is 0 Å². The molecule has 1 aromatic carbocycles. The van der Waals surface area contributed by atoms with Crippen molar-refractivity contribution in [2.24, 2.45) is 0 Å². The number of rotatable bonds is 5. The van der Waals surface area contributed by atoms with E-state index in [-0.39, 0.29) is 24.5 Å². The number of amides is 1. The average molecular weight is 337 g/mol. The van der Waals surface area contributed by atoms with E-state index >= 15 is 0 Å². The zero-order valence-electron chi connectivity index (χ0n) is 12.7. The fraction of sp³-hybridized carbons (Fsp3) is 0.438. The molecule has 5 nitrogen and oxygen atoms in total. The van der Waals surface area contributed by atoms with Crippen molar-refractivity contribution in [3.05, 3.63) is 35.6 Å². The van der Waals surface area contributed by atoms with Gasteiger partial charge in [0, 0.05) is 24.4 Å². The van der Waals surface area contributed by atoms with E-state index in [0.717, 1.165) is 12.8 Å². The maximum atomic E-state index is 12.8. The van der Waals surface area contributed by atoms with Gasteiger partial charge < -0.3 is 5.32 Å². The molecule has 0 radical (unpaired) electrons. The fourth-order valence-corrected chi connectivity index (χ4v) is 2.71. The van der Waals surface area contributed by atoms with Gasteiger partial charge in [-0.05, 0) is 49.3 Å². The number of carbonyl (C=O) groups is 2. The van der Waals surface area contributed by atoms with Gasteiger partial charge in [0.25, 0.3) is 0 Å². The van der Waals surface area contributed by atoms with Crippen molar-refractivity contribution in [3.8, 4) is 0 Å². The summed E-state index contributed by atoms with van der Waals surface area (Å²) in [5.74, 6) is -0.922. The van der Waals surface area contributed by atoms with Gasteiger partial charge in [0.1, 0.15) is 5.82 Å². The van der Waals surface area contributed by atoms with Crippen LogP contribution in [0.5, 0.6) is 0 Å². The van der Waals surface area contributed by atoms with Crippen LogP contribution in [0.25, 0.3) is 0 Å². The summed E-state index contributed by atoms with van der Waals surface area (Å²) in [7, 11) is 0. The van der Waals surface area contributed by atoms with Crippen LogP contribution in [0, 0.1) is 5.82 Å². The number of ketones is 1. The van der Waals surface area contributed by atoms with Gasteiger partial charge in [-0.2, -0.15) is 0 Å². The largest absolute Gasteiger partial charge is 0.359 e. The molecule has 3 N–H and O–H groups in total. The Hall–Kier alpha value is -2.02. The lowest BCUT2D eigenvalue weighted by atomic mass is 10.1. The van der Waals surface area contributed by atoms with E-state index in [1.165, 1.54) is 37.1 Å². The molecule has 2 rings (SSSR count). The standard InChI is InChI=1S/C16H20FN3O2S/c17-12-7-5-11(6-8-12)14(21)9-10-15(22)19-20-16(23)18-13-3-1-2-4-13/h5-8,13H,1-4,9-10H2,(H,19,22)(H2,18,20,23). The summed E-state index contributed by atoms with van der Waals surface area (Å²) in [5, 5.41) is 3.52. The molecule has 23 heavy (non-hydrogen) atoms. The predicted octanol–water partition coefficient (Wildman–Crippen LogP) is 2.23. The summed E-state index contributed by atoms with van der Waals surface area (Å²) < 4.78 is 12.8. The Bertz CT molecular complexity index is 571. The minimum atomic E-state index is -0.397. The Kier molecular flexibility index (Phi) is 6.46. The van der Waals surface area contributed by atoms with E-state index in [4.69, 9.17) is 12.2 Å². The van der Waals surface area contributed by atoms with Crippen molar-refractivity contribution >= 4 is 29.0 Å². The highest BCUT2D eigenvalue weighted by molar-refractivity contribution is 7.80. The van der Waals surface area contributed by atoms with Crippen LogP contribution in [0.3, 0.4) is 0 Å². The summed E-state index contributed by atoms with van der Waals surface area (Å²) >= 11 is 5.09. The number of benzene rings is 1. The summed E-state index contributed by atoms with van der Waals surface area (Å²) in [4.78, 5) is 23.6. The van der Waals surface area contributed by atoms with E-state index in [1.54, 1.807) is 0 Å². The minimum absolute atomic E-state index is 0.0370. The fourth-order valence-electron chi connectivity index (χ4n) is 2.49. The average Bonchev–Trinajstić information content (AvgIpc) is 3.04. The van der Waals surface area contributed by atoms with Crippen LogP contribution in [-0.4, -0.2) is 22.8 Å². The second-order valence-corrected chi connectivity index (χ2v) is 5.97. The molecule has 0 heterocycles. The Morgan fingerprint density at radius 2 is 1.74 bits per heavy atom. The first-order chi connectivity index (χ1) is 11.0. The van der Waals surface area contributed by atoms with Crippen LogP contribution in [0.2, 0.25) is 0 Å². The molecule has 0 spiro atoms. The summed E-state index contributed by atoms with van der Waals surface area (Å²) in [6.07, 6.45) is 4.65. The SMILES string of the molecule is O=C(CCC(=O)c1ccc(F)cc1)NNC(=S)NC1CCCC1. The van der Waals surface area contributed by atoms with Crippen molar-refractivity contribution in [1.82, 2.24) is 16.2 Å². The Labute approximate surface area is 140 Å². The van der Waals surface area contributed by atoms with Gasteiger partial charge in [-0.25, -0.2) is 4.39 Å². The number of carbonyl (C=O) groups excluding carboxylic acids is 2. The van der Waals surface area contributed by atoms with Gasteiger partial charge in [-0.3, -0.25) is 20.4 Å². The molecule has 1 aliphatic carbocycles. The van der Waals surface area contributed by atoms with Gasteiger partial charge >= 0.3 is 0 Å². The van der Waals surface area contributed by atoms with Crippen LogP contribution in [0.1, 0.15) is 48.9 Å². The summed E-state index contributed by atoms with van der Waals surface area (Å²) in [5.41, 5.74) is 5.50. The van der Waals surface area contributed by atoms with Crippen LogP contribution < -0.4 is 16.2 Å². The van der Waals surface area contributed by atoms with Gasteiger partial charge in [0.2, 0.25) is 5.91 Å². The molecule has 1 saturated carbocycles. The Morgan fingerprint density at radius 3 is 2.39 bits per heavy atom. The smallest absolute Gasteiger partial charge is 0.238 e. The zero-order valence-corrected chi connectivity index (χ0v) is 13.5. The molecule has 0 saturated heterocycles. The molecule has 0 aliphatic heterocycles. The molecule has 1 amide bonds. The van der Waals surface area contributed by atoms with E-state index in [9.17, 15) is 14.0 Å². The Balaban J connectivity index is 1.65. The summed E-state index contributed by atoms with van der Waals surface area (Å²) in [6, 6.07) is 5.64. The number of hydrogen-bond donors (Lipinski definition) is 3. The van der Waals surface area contributed by atoms with Crippen molar-refractivity contribution in [2.75, 3.05) is 0 Å². The van der Waals surface area contributed by atoms with Crippen LogP contribution in [-0.2, 0) is 4.79 Å². The van der Waals surface area contributed by atoms with E-state index in [2.05, 4.69) is 16.2 Å². The maximum Gasteiger partial charge on any atom is 0.238 e. The molecule has 0 unspecified atom stereocenters. The highest BCUT2D eigenvalue weighted by Crippen LogP contribution is 2.17. The van der Waals surface area contributed by atoms with Crippen molar-refractivity contribution < 1.29 is 14.0 Å². The molecule has 7 heteroatoms. The van der Waals surface area contributed by atoms with Gasteiger partial charge in [-0.1, -0.05) is 12.8 Å². The minimum Gasteiger partial charge on any atom is -0.359 e. The van der Waals surface area contributed by atoms with Crippen molar-refractivity contribution in [3.63, 3.8) is 0 Å². The van der Waals surface area contributed by atoms with E-state index in [0.29, 0.717) is 16.7 Å². The highest BCUT2D eigenvalue weighted by atomic mass is 32.1. The number of halogens is 1. The zero-order chi connectivity index (χ0) is 16.7. The van der Waals surface area contributed by atoms with Gasteiger partial charge in [0.15, 0.2) is 10.9 Å². The first-order valence-electron chi connectivity index (χ1n) is 7.69. The van der Waals surface area contributed by atoms with Gasteiger partial charge in [-0.15, -0.1) is 0 Å². The molecule has 1 aromatic rings. The Morgan fingerprint density at radius 1 is 1.09 bits per heavy atom. The first kappa shape index (κ1) is 17.3. The lowest BCUT2D eigenvalue weighted by Crippen LogP contribution is -2.49. The number of nitrogens with one attached hydrogen (secondary N) is 3. The lowest BCUT2D eigenvalue weighted by Gasteiger charge is -2.16. The lowest BCUT2D eigenvalue weighted by molar-refractivity contribution is -0.121. The molecule has 124 valence electrons. The number of thiocarbonyl (C=S) groups is 1. The van der Waals surface area contributed by atoms with E-state index < -0.39 is 5.82 Å². The molecule has 0 aromatic heterocycles. The van der Waals surface area contributed by atoms with Crippen molar-refractivity contribution in [1.29, 1.82) is 0 Å². The molecule has 0 bridgehead atoms. The molecule has 1 aliphatic rings. The molecular weight excluding hydrogens is 317 g/mol. The first-order valence-corrected chi connectivity index (χ1v) is 8.09. The summed E-state index contributed by atoms with van der Waals surface area (Å²) in [6.45, 7) is 0. The third-order valence-electron chi connectivity index (χ3n) is 3.75. The topological polar surface area (TPSA) is 70.2 Å². The normalized spacial score (nSPS) is 14.3. The number of hydrazine groups is 1. The number of Topliss-reactive ketones (excluding diaryl/α,β-unsaturated/α-hetero) is 1. The van der Waals surface area contributed by atoms with Gasteiger partial charge in [0.05, 0.1) is 0 Å². The third kappa shape index (κ3) is 5.94. The van der Waals surface area contributed by atoms with Crippen LogP contribution in [0.15, 0.2) is 24.3 Å². The van der Waals surface area contributed by atoms with Crippen molar-refractivity contribution in [2.45, 2.75) is 44.6 Å². The van der Waals surface area contributed by atoms with Crippen LogP contribution >= 0.6 is 12.2 Å². The molecule has 0 atom stereocenters. The second kappa shape index (κ2) is 8.57. The predicted molar refractivity (Wildman–Crippen MR) is 89.2 cm³/mol. The third-order valence-corrected chi connectivity index (χ3v) is 3.97. The number of hydrogen-bond acceptors (Lipinski definition) is 3. The maximum absolute atomic E-state index is 12.8. The molecular formula is C16H20FN3O2S. The second-order valence-electron chi connectivity index (χ2n) is 5.56. The monoisotopic (exact) mass is 337 g/mol. The highest BCUT2D eigenvalue weighted by Gasteiger charge is 2.15. The molecule has 1 fully saturated rings. The quantitative estimate of drug-likeness (QED) is 0.437. The van der Waals surface area contributed by atoms with Crippen LogP contribution in [0.4, 0.5) is 4.39 Å².